The second-order valence-electron chi connectivity index (χ2n) is 3.76. The average molecular weight is 182 g/mol. The lowest BCUT2D eigenvalue weighted by Gasteiger charge is -2.13. The minimum atomic E-state index is -0.689. The normalized spacial score (nSPS) is 12.5. The summed E-state index contributed by atoms with van der Waals surface area (Å²) < 4.78 is 0. The molecule has 0 fully saturated rings. The fourth-order valence-corrected chi connectivity index (χ4v) is 1.36. The third-order valence-electron chi connectivity index (χ3n) is 1.98. The Morgan fingerprint density at radius 2 is 2.15 bits per heavy atom. The quantitative estimate of drug-likeness (QED) is 0.506. The maximum Gasteiger partial charge on any atom is 0.306 e. The Labute approximate surface area is 80.3 Å². The molecule has 1 N–H and O–H groups in total. The summed E-state index contributed by atoms with van der Waals surface area (Å²) >= 11 is 0. The first-order chi connectivity index (χ1) is 6.07. The van der Waals surface area contributed by atoms with Gasteiger partial charge in [0.15, 0.2) is 0 Å². The molecule has 0 radical (unpaired) electrons. The second-order valence-corrected chi connectivity index (χ2v) is 3.76. The first-order valence-electron chi connectivity index (χ1n) is 4.74. The van der Waals surface area contributed by atoms with Crippen LogP contribution in [-0.4, -0.2) is 11.1 Å². The van der Waals surface area contributed by atoms with Crippen molar-refractivity contribution in [1.82, 2.24) is 0 Å². The van der Waals surface area contributed by atoms with Crippen molar-refractivity contribution in [2.24, 2.45) is 11.8 Å². The van der Waals surface area contributed by atoms with E-state index in [1.165, 1.54) is 0 Å². The highest BCUT2D eigenvalue weighted by atomic mass is 16.4. The summed E-state index contributed by atoms with van der Waals surface area (Å²) in [5.41, 5.74) is 0. The maximum absolute atomic E-state index is 10.8. The van der Waals surface area contributed by atoms with Crippen LogP contribution in [0.15, 0.2) is 0 Å². The molecule has 2 heteroatoms. The van der Waals surface area contributed by atoms with Gasteiger partial charge in [-0.05, 0) is 25.2 Å². The van der Waals surface area contributed by atoms with Crippen molar-refractivity contribution in [2.45, 2.75) is 39.5 Å². The van der Waals surface area contributed by atoms with Crippen LogP contribution in [-0.2, 0) is 4.79 Å². The van der Waals surface area contributed by atoms with Gasteiger partial charge in [0.2, 0.25) is 0 Å². The summed E-state index contributed by atoms with van der Waals surface area (Å²) in [4.78, 5) is 10.8. The van der Waals surface area contributed by atoms with Gasteiger partial charge in [0.1, 0.15) is 0 Å². The zero-order valence-electron chi connectivity index (χ0n) is 8.42. The van der Waals surface area contributed by atoms with E-state index in [2.05, 4.69) is 5.92 Å². The van der Waals surface area contributed by atoms with Gasteiger partial charge >= 0.3 is 5.97 Å². The summed E-state index contributed by atoms with van der Waals surface area (Å²) in [7, 11) is 0. The van der Waals surface area contributed by atoms with Gasteiger partial charge in [0.25, 0.3) is 0 Å². The van der Waals surface area contributed by atoms with E-state index < -0.39 is 5.97 Å². The zero-order valence-corrected chi connectivity index (χ0v) is 8.42. The molecule has 74 valence electrons. The number of terminal acetylenes is 1. The molecule has 0 bridgehead atoms. The number of carboxylic acid groups (broad SMARTS) is 1. The number of hydrogen-bond acceptors (Lipinski definition) is 1. The SMILES string of the molecule is C#CCCCC(CC(C)C)C(=O)O. The Balaban J connectivity index is 3.82. The first kappa shape index (κ1) is 12.0. The van der Waals surface area contributed by atoms with Crippen LogP contribution in [0.4, 0.5) is 0 Å². The average Bonchev–Trinajstić information content (AvgIpc) is 2.02. The summed E-state index contributed by atoms with van der Waals surface area (Å²) in [5, 5.41) is 8.87. The van der Waals surface area contributed by atoms with Crippen molar-refractivity contribution >= 4 is 5.97 Å². The Hall–Kier alpha value is -0.970. The van der Waals surface area contributed by atoms with Crippen LogP contribution in [0.2, 0.25) is 0 Å². The second kappa shape index (κ2) is 6.54. The number of rotatable bonds is 6. The summed E-state index contributed by atoms with van der Waals surface area (Å²) in [5.74, 6) is 2.06. The summed E-state index contributed by atoms with van der Waals surface area (Å²) in [6.45, 7) is 4.08. The molecule has 0 aromatic carbocycles. The smallest absolute Gasteiger partial charge is 0.306 e. The van der Waals surface area contributed by atoms with Crippen molar-refractivity contribution in [3.63, 3.8) is 0 Å². The van der Waals surface area contributed by atoms with E-state index in [0.717, 1.165) is 12.8 Å². The fraction of sp³-hybridized carbons (Fsp3) is 0.727. The molecule has 13 heavy (non-hydrogen) atoms. The van der Waals surface area contributed by atoms with E-state index >= 15 is 0 Å². The molecule has 0 aromatic rings. The summed E-state index contributed by atoms with van der Waals surface area (Å²) in [6, 6.07) is 0. The van der Waals surface area contributed by atoms with Gasteiger partial charge in [-0.3, -0.25) is 4.79 Å². The van der Waals surface area contributed by atoms with E-state index in [0.29, 0.717) is 18.8 Å². The van der Waals surface area contributed by atoms with E-state index in [4.69, 9.17) is 11.5 Å². The lowest BCUT2D eigenvalue weighted by molar-refractivity contribution is -0.142. The van der Waals surface area contributed by atoms with Gasteiger partial charge in [0.05, 0.1) is 5.92 Å². The number of unbranched alkanes of at least 4 members (excludes halogenated alkanes) is 1. The zero-order chi connectivity index (χ0) is 10.3. The van der Waals surface area contributed by atoms with Gasteiger partial charge in [0, 0.05) is 6.42 Å². The van der Waals surface area contributed by atoms with Crippen molar-refractivity contribution in [3.8, 4) is 12.3 Å². The first-order valence-corrected chi connectivity index (χ1v) is 4.74. The minimum Gasteiger partial charge on any atom is -0.481 e. The van der Waals surface area contributed by atoms with Crippen LogP contribution in [0, 0.1) is 24.2 Å². The van der Waals surface area contributed by atoms with Crippen LogP contribution in [0.5, 0.6) is 0 Å². The Kier molecular flexibility index (Phi) is 6.05. The van der Waals surface area contributed by atoms with Crippen molar-refractivity contribution in [3.05, 3.63) is 0 Å². The van der Waals surface area contributed by atoms with Gasteiger partial charge in [-0.15, -0.1) is 12.3 Å². The van der Waals surface area contributed by atoms with Crippen LogP contribution in [0.1, 0.15) is 39.5 Å². The monoisotopic (exact) mass is 182 g/mol. The molecule has 0 amide bonds. The van der Waals surface area contributed by atoms with Crippen LogP contribution in [0.25, 0.3) is 0 Å². The summed E-state index contributed by atoms with van der Waals surface area (Å²) in [6.07, 6.45) is 8.05. The standard InChI is InChI=1S/C11H18O2/c1-4-5-6-7-10(11(12)13)8-9(2)3/h1,9-10H,5-8H2,2-3H3,(H,12,13). The fourth-order valence-electron chi connectivity index (χ4n) is 1.36. The molecule has 0 spiro atoms. The molecule has 0 saturated heterocycles. The number of carbonyl (C=O) groups is 1. The Bertz CT molecular complexity index is 189. The Morgan fingerprint density at radius 3 is 2.54 bits per heavy atom. The van der Waals surface area contributed by atoms with E-state index in [-0.39, 0.29) is 5.92 Å². The third kappa shape index (κ3) is 6.21. The molecule has 0 heterocycles. The van der Waals surface area contributed by atoms with Crippen LogP contribution >= 0.6 is 0 Å². The molecule has 0 aliphatic heterocycles. The van der Waals surface area contributed by atoms with Gasteiger partial charge in [-0.25, -0.2) is 0 Å². The van der Waals surface area contributed by atoms with Crippen LogP contribution in [0.3, 0.4) is 0 Å². The van der Waals surface area contributed by atoms with Gasteiger partial charge in [-0.1, -0.05) is 13.8 Å². The highest BCUT2D eigenvalue weighted by molar-refractivity contribution is 5.69. The van der Waals surface area contributed by atoms with E-state index in [9.17, 15) is 4.79 Å². The van der Waals surface area contributed by atoms with Crippen molar-refractivity contribution < 1.29 is 9.90 Å². The molecule has 0 rings (SSSR count). The number of carboxylic acids is 1. The third-order valence-corrected chi connectivity index (χ3v) is 1.98. The molecule has 0 aliphatic carbocycles. The largest absolute Gasteiger partial charge is 0.481 e. The van der Waals surface area contributed by atoms with E-state index in [1.54, 1.807) is 0 Å². The van der Waals surface area contributed by atoms with Gasteiger partial charge in [-0.2, -0.15) is 0 Å². The molecular weight excluding hydrogens is 164 g/mol. The lowest BCUT2D eigenvalue weighted by Crippen LogP contribution is -2.15. The molecule has 2 nitrogen and oxygen atoms in total. The molecule has 0 saturated carbocycles. The Morgan fingerprint density at radius 1 is 1.54 bits per heavy atom. The molecule has 0 aromatic heterocycles. The minimum absolute atomic E-state index is 0.214. The lowest BCUT2D eigenvalue weighted by atomic mass is 9.92. The van der Waals surface area contributed by atoms with Gasteiger partial charge < -0.3 is 5.11 Å². The molecular formula is C11H18O2. The molecule has 0 aliphatic rings. The van der Waals surface area contributed by atoms with E-state index in [1.807, 2.05) is 13.8 Å². The number of hydrogen-bond donors (Lipinski definition) is 1. The predicted molar refractivity (Wildman–Crippen MR) is 53.3 cm³/mol. The van der Waals surface area contributed by atoms with Crippen LogP contribution < -0.4 is 0 Å². The molecule has 1 atom stereocenters. The predicted octanol–water partition coefficient (Wildman–Crippen LogP) is 2.54. The number of aliphatic carboxylic acids is 1. The molecule has 1 unspecified atom stereocenters. The highest BCUT2D eigenvalue weighted by Crippen LogP contribution is 2.18. The van der Waals surface area contributed by atoms with Crippen molar-refractivity contribution in [1.29, 1.82) is 0 Å². The maximum atomic E-state index is 10.8. The van der Waals surface area contributed by atoms with Crippen molar-refractivity contribution in [2.75, 3.05) is 0 Å². The topological polar surface area (TPSA) is 37.3 Å². The highest BCUT2D eigenvalue weighted by Gasteiger charge is 2.17.